The Balaban J connectivity index is 1.94. The lowest BCUT2D eigenvalue weighted by atomic mass is 10.1. The second kappa shape index (κ2) is 6.45. The Bertz CT molecular complexity index is 396. The molecule has 0 radical (unpaired) electrons. The average Bonchev–Trinajstić information content (AvgIpc) is 2.51. The maximum Gasteiger partial charge on any atom is 0.0916 e. The summed E-state index contributed by atoms with van der Waals surface area (Å²) in [6.07, 6.45) is -0.454. The molecule has 18 heavy (non-hydrogen) atoms. The lowest BCUT2D eigenvalue weighted by Crippen LogP contribution is -2.33. The predicted octanol–water partition coefficient (Wildman–Crippen LogP) is 1.42. The van der Waals surface area contributed by atoms with Crippen molar-refractivity contribution in [3.05, 3.63) is 35.9 Å². The molecule has 1 heterocycles. The molecule has 0 spiro atoms. The first kappa shape index (κ1) is 13.7. The van der Waals surface area contributed by atoms with Gasteiger partial charge in [-0.25, -0.2) is 0 Å². The molecule has 1 fully saturated rings. The molecule has 0 saturated carbocycles. The van der Waals surface area contributed by atoms with Crippen LogP contribution in [0.4, 0.5) is 0 Å². The Labute approximate surface area is 111 Å². The number of hydrogen-bond donors (Lipinski definition) is 1. The highest BCUT2D eigenvalue weighted by Crippen LogP contribution is 2.16. The van der Waals surface area contributed by atoms with Gasteiger partial charge >= 0.3 is 0 Å². The van der Waals surface area contributed by atoms with Crippen molar-refractivity contribution in [2.45, 2.75) is 13.0 Å². The molecule has 0 aliphatic carbocycles. The molecule has 3 atom stereocenters. The van der Waals surface area contributed by atoms with E-state index in [9.17, 15) is 9.32 Å². The quantitative estimate of drug-likeness (QED) is 0.900. The third-order valence-electron chi connectivity index (χ3n) is 3.29. The van der Waals surface area contributed by atoms with Crippen LogP contribution >= 0.6 is 0 Å². The van der Waals surface area contributed by atoms with E-state index in [1.807, 2.05) is 30.3 Å². The first-order chi connectivity index (χ1) is 8.65. The fourth-order valence-electron chi connectivity index (χ4n) is 2.41. The third kappa shape index (κ3) is 3.90. The van der Waals surface area contributed by atoms with Crippen LogP contribution in [0.25, 0.3) is 0 Å². The Morgan fingerprint density at radius 2 is 2.17 bits per heavy atom. The highest BCUT2D eigenvalue weighted by molar-refractivity contribution is 7.85. The van der Waals surface area contributed by atoms with Gasteiger partial charge in [0.1, 0.15) is 0 Å². The van der Waals surface area contributed by atoms with E-state index in [1.165, 1.54) is 0 Å². The third-order valence-corrected chi connectivity index (χ3v) is 4.87. The summed E-state index contributed by atoms with van der Waals surface area (Å²) in [5, 5.41) is 10.2. The van der Waals surface area contributed by atoms with Crippen LogP contribution < -0.4 is 0 Å². The first-order valence-corrected chi connectivity index (χ1v) is 7.94. The van der Waals surface area contributed by atoms with Gasteiger partial charge < -0.3 is 5.11 Å². The summed E-state index contributed by atoms with van der Waals surface area (Å²) in [6, 6.07) is 9.73. The summed E-state index contributed by atoms with van der Waals surface area (Å²) in [7, 11) is -0.691. The number of aliphatic hydroxyl groups excluding tert-OH is 1. The fourth-order valence-corrected chi connectivity index (χ4v) is 3.78. The van der Waals surface area contributed by atoms with Crippen LogP contribution in [0, 0.1) is 5.92 Å². The van der Waals surface area contributed by atoms with Crippen molar-refractivity contribution < 1.29 is 9.32 Å². The normalized spacial score (nSPS) is 27.7. The van der Waals surface area contributed by atoms with Gasteiger partial charge in [-0.2, -0.15) is 0 Å². The maximum atomic E-state index is 11.6. The number of nitrogens with zero attached hydrogens (tertiary/aromatic N) is 1. The average molecular weight is 267 g/mol. The second-order valence-electron chi connectivity index (χ2n) is 5.10. The van der Waals surface area contributed by atoms with Crippen LogP contribution in [-0.2, 0) is 10.8 Å². The van der Waals surface area contributed by atoms with Crippen molar-refractivity contribution in [2.75, 3.05) is 31.1 Å². The van der Waals surface area contributed by atoms with Crippen LogP contribution in [-0.4, -0.2) is 45.4 Å². The monoisotopic (exact) mass is 267 g/mol. The molecule has 0 amide bonds. The van der Waals surface area contributed by atoms with E-state index in [4.69, 9.17) is 0 Å². The van der Waals surface area contributed by atoms with Gasteiger partial charge in [-0.05, 0) is 11.5 Å². The van der Waals surface area contributed by atoms with Gasteiger partial charge in [0.2, 0.25) is 0 Å². The zero-order valence-electron chi connectivity index (χ0n) is 10.8. The van der Waals surface area contributed by atoms with Gasteiger partial charge in [-0.3, -0.25) is 9.11 Å². The summed E-state index contributed by atoms with van der Waals surface area (Å²) in [4.78, 5) is 2.23. The molecule has 3 nitrogen and oxygen atoms in total. The van der Waals surface area contributed by atoms with Gasteiger partial charge in [-0.15, -0.1) is 0 Å². The second-order valence-corrected chi connectivity index (χ2v) is 6.72. The predicted molar refractivity (Wildman–Crippen MR) is 74.9 cm³/mol. The molecule has 1 aliphatic rings. The van der Waals surface area contributed by atoms with Crippen LogP contribution in [0.3, 0.4) is 0 Å². The van der Waals surface area contributed by atoms with E-state index in [2.05, 4.69) is 11.8 Å². The molecule has 1 aromatic rings. The first-order valence-electron chi connectivity index (χ1n) is 6.45. The van der Waals surface area contributed by atoms with Crippen molar-refractivity contribution in [3.63, 3.8) is 0 Å². The number of aliphatic hydroxyl groups is 1. The largest absolute Gasteiger partial charge is 0.387 e. The molecule has 0 aromatic heterocycles. The lowest BCUT2D eigenvalue weighted by molar-refractivity contribution is 0.111. The molecular weight excluding hydrogens is 246 g/mol. The van der Waals surface area contributed by atoms with Crippen LogP contribution in [0.15, 0.2) is 30.3 Å². The highest BCUT2D eigenvalue weighted by atomic mass is 32.2. The maximum absolute atomic E-state index is 11.6. The Hall–Kier alpha value is -0.710. The zero-order chi connectivity index (χ0) is 13.0. The summed E-state index contributed by atoms with van der Waals surface area (Å²) >= 11 is 0. The van der Waals surface area contributed by atoms with Gasteiger partial charge in [-0.1, -0.05) is 37.3 Å². The number of rotatable bonds is 3. The zero-order valence-corrected chi connectivity index (χ0v) is 11.6. The molecule has 4 heteroatoms. The van der Waals surface area contributed by atoms with Crippen molar-refractivity contribution in [2.24, 2.45) is 5.92 Å². The van der Waals surface area contributed by atoms with Crippen molar-refractivity contribution in [1.82, 2.24) is 4.90 Å². The summed E-state index contributed by atoms with van der Waals surface area (Å²) < 4.78 is 11.6. The fraction of sp³-hybridized carbons (Fsp3) is 0.571. The lowest BCUT2D eigenvalue weighted by Gasteiger charge is -2.24. The number of β-amino-alcohol motifs (C(OH)–C–C–N with tert-alkyl or cyclic N) is 1. The van der Waals surface area contributed by atoms with Crippen molar-refractivity contribution in [3.8, 4) is 0 Å². The van der Waals surface area contributed by atoms with Crippen LogP contribution in [0.5, 0.6) is 0 Å². The Morgan fingerprint density at radius 1 is 1.44 bits per heavy atom. The minimum absolute atomic E-state index is 0.441. The summed E-state index contributed by atoms with van der Waals surface area (Å²) in [5.74, 6) is 1.96. The summed E-state index contributed by atoms with van der Waals surface area (Å²) in [5.41, 5.74) is 0.954. The van der Waals surface area contributed by atoms with E-state index in [0.717, 1.165) is 30.2 Å². The van der Waals surface area contributed by atoms with E-state index in [0.29, 0.717) is 12.5 Å². The molecule has 100 valence electrons. The molecule has 0 bridgehead atoms. The molecule has 0 unspecified atom stereocenters. The van der Waals surface area contributed by atoms with E-state index < -0.39 is 16.9 Å². The molecule has 1 N–H and O–H groups in total. The Kier molecular flexibility index (Phi) is 4.92. The van der Waals surface area contributed by atoms with Crippen molar-refractivity contribution >= 4 is 10.8 Å². The topological polar surface area (TPSA) is 40.5 Å². The molecule has 2 rings (SSSR count). The highest BCUT2D eigenvalue weighted by Gasteiger charge is 2.21. The molecule has 1 saturated heterocycles. The molecule has 1 aromatic carbocycles. The summed E-state index contributed by atoms with van der Waals surface area (Å²) in [6.45, 7) is 4.51. The SMILES string of the molecule is C[C@H]1CN(C[C@@H](O)c2ccccc2)CC[S@@](=O)C1. The van der Waals surface area contributed by atoms with Crippen molar-refractivity contribution in [1.29, 1.82) is 0 Å². The smallest absolute Gasteiger partial charge is 0.0916 e. The van der Waals surface area contributed by atoms with E-state index in [1.54, 1.807) is 0 Å². The minimum atomic E-state index is -0.691. The number of hydrogen-bond acceptors (Lipinski definition) is 3. The van der Waals surface area contributed by atoms with Crippen LogP contribution in [0.1, 0.15) is 18.6 Å². The standard InChI is InChI=1S/C14H21NO2S/c1-12-9-15(7-8-18(17)11-12)10-14(16)13-5-3-2-4-6-13/h2-6,12,14,16H,7-11H2,1H3/t12-,14+,18+/m0/s1. The van der Waals surface area contributed by atoms with E-state index in [-0.39, 0.29) is 0 Å². The number of benzene rings is 1. The van der Waals surface area contributed by atoms with Crippen LogP contribution in [0.2, 0.25) is 0 Å². The minimum Gasteiger partial charge on any atom is -0.387 e. The van der Waals surface area contributed by atoms with E-state index >= 15 is 0 Å². The Morgan fingerprint density at radius 3 is 2.89 bits per heavy atom. The van der Waals surface area contributed by atoms with Gasteiger partial charge in [0.05, 0.1) is 6.10 Å². The molecular formula is C14H21NO2S. The van der Waals surface area contributed by atoms with Gasteiger partial charge in [0, 0.05) is 41.9 Å². The molecule has 1 aliphatic heterocycles. The van der Waals surface area contributed by atoms with Gasteiger partial charge in [0.15, 0.2) is 0 Å². The van der Waals surface area contributed by atoms with Gasteiger partial charge in [0.25, 0.3) is 0 Å².